The summed E-state index contributed by atoms with van der Waals surface area (Å²) in [5.74, 6) is 0. The summed E-state index contributed by atoms with van der Waals surface area (Å²) in [6, 6.07) is 0. The molecule has 0 aliphatic carbocycles. The van der Waals surface area contributed by atoms with Crippen LogP contribution >= 0.6 is 0 Å². The first-order chi connectivity index (χ1) is 4.41. The van der Waals surface area contributed by atoms with E-state index < -0.39 is 0 Å². The lowest BCUT2D eigenvalue weighted by Gasteiger charge is -2.01. The standard InChI is InChI=1S/C6H15NO2/c1-2-8-6-9-5-3-4-7/h2-7H2,1H3. The summed E-state index contributed by atoms with van der Waals surface area (Å²) < 4.78 is 9.93. The van der Waals surface area contributed by atoms with E-state index in [-0.39, 0.29) is 0 Å². The van der Waals surface area contributed by atoms with Gasteiger partial charge in [0, 0.05) is 6.61 Å². The van der Waals surface area contributed by atoms with E-state index >= 15 is 0 Å². The van der Waals surface area contributed by atoms with Crippen LogP contribution in [0.3, 0.4) is 0 Å². The molecule has 0 unspecified atom stereocenters. The summed E-state index contributed by atoms with van der Waals surface area (Å²) in [6.07, 6.45) is 0.910. The third-order valence-electron chi connectivity index (χ3n) is 0.864. The normalized spacial score (nSPS) is 10.0. The van der Waals surface area contributed by atoms with Crippen molar-refractivity contribution in [3.05, 3.63) is 0 Å². The molecule has 0 amide bonds. The van der Waals surface area contributed by atoms with Gasteiger partial charge in [-0.1, -0.05) is 0 Å². The molecule has 0 radical (unpaired) electrons. The van der Waals surface area contributed by atoms with E-state index in [0.717, 1.165) is 6.42 Å². The van der Waals surface area contributed by atoms with E-state index in [9.17, 15) is 0 Å². The Morgan fingerprint density at radius 1 is 1.33 bits per heavy atom. The fourth-order valence-corrected chi connectivity index (χ4v) is 0.387. The molecule has 0 spiro atoms. The Balaban J connectivity index is 2.60. The van der Waals surface area contributed by atoms with Gasteiger partial charge in [0.25, 0.3) is 0 Å². The van der Waals surface area contributed by atoms with Crippen molar-refractivity contribution in [2.75, 3.05) is 26.6 Å². The smallest absolute Gasteiger partial charge is 0.146 e. The van der Waals surface area contributed by atoms with Crippen molar-refractivity contribution in [3.63, 3.8) is 0 Å². The van der Waals surface area contributed by atoms with Crippen LogP contribution < -0.4 is 5.73 Å². The molecule has 0 aliphatic heterocycles. The van der Waals surface area contributed by atoms with Gasteiger partial charge in [0.15, 0.2) is 0 Å². The minimum absolute atomic E-state index is 0.399. The van der Waals surface area contributed by atoms with E-state index in [4.69, 9.17) is 15.2 Å². The second-order valence-corrected chi connectivity index (χ2v) is 1.66. The maximum Gasteiger partial charge on any atom is 0.146 e. The highest BCUT2D eigenvalue weighted by Gasteiger charge is 1.83. The molecular weight excluding hydrogens is 118 g/mol. The van der Waals surface area contributed by atoms with Crippen molar-refractivity contribution in [1.29, 1.82) is 0 Å². The van der Waals surface area contributed by atoms with Gasteiger partial charge in [0.05, 0.1) is 6.61 Å². The van der Waals surface area contributed by atoms with Crippen molar-refractivity contribution in [2.45, 2.75) is 13.3 Å². The molecule has 0 aromatic carbocycles. The molecule has 0 atom stereocenters. The van der Waals surface area contributed by atoms with E-state index in [1.54, 1.807) is 0 Å². The first-order valence-electron chi connectivity index (χ1n) is 3.27. The van der Waals surface area contributed by atoms with E-state index in [0.29, 0.717) is 26.6 Å². The Bertz CT molecular complexity index is 44.3. The second kappa shape index (κ2) is 7.88. The highest BCUT2D eigenvalue weighted by atomic mass is 16.7. The molecule has 3 nitrogen and oxygen atoms in total. The third kappa shape index (κ3) is 7.88. The van der Waals surface area contributed by atoms with Crippen molar-refractivity contribution in [3.8, 4) is 0 Å². The second-order valence-electron chi connectivity index (χ2n) is 1.66. The Kier molecular flexibility index (Phi) is 7.77. The third-order valence-corrected chi connectivity index (χ3v) is 0.864. The summed E-state index contributed by atoms with van der Waals surface area (Å²) in [6.45, 7) is 4.44. The van der Waals surface area contributed by atoms with Gasteiger partial charge in [-0.3, -0.25) is 0 Å². The van der Waals surface area contributed by atoms with Crippen molar-refractivity contribution in [2.24, 2.45) is 5.73 Å². The molecule has 0 aromatic heterocycles. The molecule has 0 rings (SSSR count). The zero-order chi connectivity index (χ0) is 6.95. The molecule has 0 bridgehead atoms. The Labute approximate surface area is 56.1 Å². The fourth-order valence-electron chi connectivity index (χ4n) is 0.387. The van der Waals surface area contributed by atoms with Crippen LogP contribution in [0.15, 0.2) is 0 Å². The average molecular weight is 133 g/mol. The predicted molar refractivity (Wildman–Crippen MR) is 36.1 cm³/mol. The molecule has 0 heterocycles. The highest BCUT2D eigenvalue weighted by molar-refractivity contribution is 4.32. The summed E-state index contributed by atoms with van der Waals surface area (Å²) in [5, 5.41) is 0. The molecule has 0 saturated heterocycles. The van der Waals surface area contributed by atoms with Crippen LogP contribution in [-0.4, -0.2) is 26.6 Å². The highest BCUT2D eigenvalue weighted by Crippen LogP contribution is 1.80. The molecule has 56 valence electrons. The zero-order valence-electron chi connectivity index (χ0n) is 5.93. The number of hydrogen-bond donors (Lipinski definition) is 1. The molecule has 3 heteroatoms. The van der Waals surface area contributed by atoms with Gasteiger partial charge in [0.1, 0.15) is 6.79 Å². The van der Waals surface area contributed by atoms with E-state index in [1.165, 1.54) is 0 Å². The zero-order valence-corrected chi connectivity index (χ0v) is 5.93. The molecule has 0 aliphatic rings. The van der Waals surface area contributed by atoms with Crippen molar-refractivity contribution in [1.82, 2.24) is 0 Å². The van der Waals surface area contributed by atoms with Crippen LogP contribution in [0, 0.1) is 0 Å². The first-order valence-corrected chi connectivity index (χ1v) is 3.27. The van der Waals surface area contributed by atoms with Gasteiger partial charge < -0.3 is 15.2 Å². The van der Waals surface area contributed by atoms with Crippen LogP contribution in [0.25, 0.3) is 0 Å². The summed E-state index contributed by atoms with van der Waals surface area (Å²) in [4.78, 5) is 0. The maximum absolute atomic E-state index is 5.22. The molecule has 0 fully saturated rings. The van der Waals surface area contributed by atoms with Crippen LogP contribution in [0.1, 0.15) is 13.3 Å². The first kappa shape index (κ1) is 8.88. The summed E-state index contributed by atoms with van der Waals surface area (Å²) >= 11 is 0. The minimum Gasteiger partial charge on any atom is -0.356 e. The molecular formula is C6H15NO2. The van der Waals surface area contributed by atoms with Crippen molar-refractivity contribution >= 4 is 0 Å². The number of nitrogens with two attached hydrogens (primary N) is 1. The van der Waals surface area contributed by atoms with Gasteiger partial charge >= 0.3 is 0 Å². The van der Waals surface area contributed by atoms with Gasteiger partial charge in [-0.15, -0.1) is 0 Å². The number of hydrogen-bond acceptors (Lipinski definition) is 3. The van der Waals surface area contributed by atoms with Gasteiger partial charge in [-0.05, 0) is 19.9 Å². The SMILES string of the molecule is CCOCOCCCN. The quantitative estimate of drug-likeness (QED) is 0.420. The van der Waals surface area contributed by atoms with Gasteiger partial charge in [0.2, 0.25) is 0 Å². The number of rotatable bonds is 6. The molecule has 0 saturated carbocycles. The fraction of sp³-hybridized carbons (Fsp3) is 1.00. The van der Waals surface area contributed by atoms with E-state index in [2.05, 4.69) is 0 Å². The lowest BCUT2D eigenvalue weighted by atomic mass is 10.5. The molecule has 0 aromatic rings. The van der Waals surface area contributed by atoms with Crippen LogP contribution in [-0.2, 0) is 9.47 Å². The molecule has 2 N–H and O–H groups in total. The lowest BCUT2D eigenvalue weighted by Crippen LogP contribution is -2.06. The molecule has 9 heavy (non-hydrogen) atoms. The monoisotopic (exact) mass is 133 g/mol. The lowest BCUT2D eigenvalue weighted by molar-refractivity contribution is -0.0493. The minimum atomic E-state index is 0.399. The largest absolute Gasteiger partial charge is 0.356 e. The Hall–Kier alpha value is -0.120. The Morgan fingerprint density at radius 2 is 2.11 bits per heavy atom. The van der Waals surface area contributed by atoms with Gasteiger partial charge in [-0.25, -0.2) is 0 Å². The van der Waals surface area contributed by atoms with Crippen LogP contribution in [0.5, 0.6) is 0 Å². The van der Waals surface area contributed by atoms with Crippen molar-refractivity contribution < 1.29 is 9.47 Å². The topological polar surface area (TPSA) is 44.5 Å². The van der Waals surface area contributed by atoms with Crippen LogP contribution in [0.4, 0.5) is 0 Å². The average Bonchev–Trinajstić information content (AvgIpc) is 1.89. The maximum atomic E-state index is 5.22. The van der Waals surface area contributed by atoms with Crippen LogP contribution in [0.2, 0.25) is 0 Å². The summed E-state index contributed by atoms with van der Waals surface area (Å²) in [5.41, 5.74) is 5.22. The number of ether oxygens (including phenoxy) is 2. The van der Waals surface area contributed by atoms with Gasteiger partial charge in [-0.2, -0.15) is 0 Å². The summed E-state index contributed by atoms with van der Waals surface area (Å²) in [7, 11) is 0. The Morgan fingerprint density at radius 3 is 2.67 bits per heavy atom. The predicted octanol–water partition coefficient (Wildman–Crippen LogP) is 0.346. The van der Waals surface area contributed by atoms with E-state index in [1.807, 2.05) is 6.92 Å².